The fraction of sp³-hybridized carbons (Fsp3) is 0.0400. The number of thiophene rings is 1. The van der Waals surface area contributed by atoms with Crippen LogP contribution in [0.25, 0.3) is 32.2 Å². The number of hydrogen-bond donors (Lipinski definition) is 1. The third-order valence-corrected chi connectivity index (χ3v) is 6.82. The van der Waals surface area contributed by atoms with Crippen molar-refractivity contribution in [1.82, 2.24) is 0 Å². The second-order valence-corrected chi connectivity index (χ2v) is 8.53. The van der Waals surface area contributed by atoms with E-state index in [2.05, 4.69) is 5.32 Å². The Morgan fingerprint density at radius 2 is 1.81 bits per heavy atom. The van der Waals surface area contributed by atoms with Crippen molar-refractivity contribution in [2.24, 2.45) is 0 Å². The van der Waals surface area contributed by atoms with Crippen LogP contribution in [-0.4, -0.2) is 13.0 Å². The summed E-state index contributed by atoms with van der Waals surface area (Å²) in [6.07, 6.45) is 0. The number of methoxy groups -OCH3 is 1. The Kier molecular flexibility index (Phi) is 5.17. The van der Waals surface area contributed by atoms with Gasteiger partial charge < -0.3 is 14.5 Å². The molecule has 5 aromatic rings. The first-order valence-electron chi connectivity index (χ1n) is 9.75. The van der Waals surface area contributed by atoms with Crippen LogP contribution in [-0.2, 0) is 0 Å². The van der Waals surface area contributed by atoms with E-state index in [4.69, 9.17) is 20.8 Å². The summed E-state index contributed by atoms with van der Waals surface area (Å²) >= 11 is 7.78. The monoisotopic (exact) mass is 461 g/mol. The van der Waals surface area contributed by atoms with Gasteiger partial charge in [-0.05, 0) is 35.9 Å². The van der Waals surface area contributed by atoms with Crippen LogP contribution >= 0.6 is 22.9 Å². The number of nitrogens with one attached hydrogen (secondary N) is 1. The normalized spacial score (nSPS) is 11.1. The second kappa shape index (κ2) is 8.15. The predicted octanol–water partition coefficient (Wildman–Crippen LogP) is 6.59. The molecule has 0 saturated heterocycles. The van der Waals surface area contributed by atoms with E-state index in [9.17, 15) is 9.59 Å². The zero-order chi connectivity index (χ0) is 22.2. The molecule has 5 nitrogen and oxygen atoms in total. The largest absolute Gasteiger partial charge is 0.495 e. The molecule has 32 heavy (non-hydrogen) atoms. The molecule has 2 heterocycles. The molecule has 0 aliphatic heterocycles. The third-order valence-electron chi connectivity index (χ3n) is 5.14. The summed E-state index contributed by atoms with van der Waals surface area (Å²) in [5.41, 5.74) is 1.47. The maximum atomic E-state index is 13.0. The molecule has 1 amide bonds. The topological polar surface area (TPSA) is 68.5 Å². The van der Waals surface area contributed by atoms with Gasteiger partial charge in [-0.1, -0.05) is 54.1 Å². The molecule has 0 atom stereocenters. The number of fused-ring (bicyclic) bond motifs is 2. The lowest BCUT2D eigenvalue weighted by Gasteiger charge is -2.12. The Hall–Kier alpha value is -3.61. The number of carbonyl (C=O) groups excluding carboxylic acids is 1. The number of hydrogen-bond acceptors (Lipinski definition) is 5. The van der Waals surface area contributed by atoms with Gasteiger partial charge in [-0.3, -0.25) is 4.79 Å². The number of carbonyl (C=O) groups is 1. The fourth-order valence-corrected chi connectivity index (χ4v) is 4.99. The Bertz CT molecular complexity index is 1550. The number of para-hydroxylation sites is 1. The third kappa shape index (κ3) is 3.53. The van der Waals surface area contributed by atoms with Crippen LogP contribution in [0.4, 0.5) is 5.69 Å². The van der Waals surface area contributed by atoms with Crippen LogP contribution in [0.1, 0.15) is 9.67 Å². The molecule has 2 aromatic heterocycles. The highest BCUT2D eigenvalue weighted by Crippen LogP contribution is 2.37. The lowest BCUT2D eigenvalue weighted by molar-refractivity contribution is 0.103. The SMILES string of the molecule is COc1ccc(-c2cc3ccccc3oc2=O)cc1NC(=O)c1sc2ccccc2c1Cl. The first-order chi connectivity index (χ1) is 15.5. The van der Waals surface area contributed by atoms with Crippen molar-refractivity contribution < 1.29 is 13.9 Å². The van der Waals surface area contributed by atoms with E-state index in [0.717, 1.165) is 15.5 Å². The van der Waals surface area contributed by atoms with Crippen molar-refractivity contribution in [3.8, 4) is 16.9 Å². The van der Waals surface area contributed by atoms with Crippen molar-refractivity contribution >= 4 is 55.6 Å². The Labute approximate surface area is 191 Å². The van der Waals surface area contributed by atoms with Gasteiger partial charge in [-0.15, -0.1) is 11.3 Å². The van der Waals surface area contributed by atoms with Crippen LogP contribution in [0.2, 0.25) is 5.02 Å². The molecular weight excluding hydrogens is 446 g/mol. The van der Waals surface area contributed by atoms with Gasteiger partial charge in [-0.25, -0.2) is 4.79 Å². The first-order valence-corrected chi connectivity index (χ1v) is 10.9. The average Bonchev–Trinajstić information content (AvgIpc) is 3.15. The molecule has 0 radical (unpaired) electrons. The van der Waals surface area contributed by atoms with E-state index >= 15 is 0 Å². The molecule has 3 aromatic carbocycles. The molecule has 0 spiro atoms. The highest BCUT2D eigenvalue weighted by atomic mass is 35.5. The van der Waals surface area contributed by atoms with Crippen molar-refractivity contribution in [3.05, 3.63) is 93.1 Å². The molecule has 5 rings (SSSR count). The van der Waals surface area contributed by atoms with Gasteiger partial charge in [-0.2, -0.15) is 0 Å². The molecule has 7 heteroatoms. The standard InChI is InChI=1S/C25H16ClNO4S/c1-30-20-11-10-14(17-12-15-6-2-4-8-19(15)31-25(17)29)13-18(20)27-24(28)23-22(26)16-7-3-5-9-21(16)32-23/h2-13H,1H3,(H,27,28). The van der Waals surface area contributed by atoms with Crippen LogP contribution in [0.5, 0.6) is 5.75 Å². The van der Waals surface area contributed by atoms with Crippen LogP contribution in [0.3, 0.4) is 0 Å². The fourth-order valence-electron chi connectivity index (χ4n) is 3.58. The van der Waals surface area contributed by atoms with Crippen molar-refractivity contribution in [2.75, 3.05) is 12.4 Å². The summed E-state index contributed by atoms with van der Waals surface area (Å²) in [7, 11) is 1.52. The molecule has 0 aliphatic rings. The minimum Gasteiger partial charge on any atom is -0.495 e. The molecule has 0 unspecified atom stereocenters. The first kappa shape index (κ1) is 20.3. The van der Waals surface area contributed by atoms with Gasteiger partial charge in [0.05, 0.1) is 23.4 Å². The van der Waals surface area contributed by atoms with Crippen LogP contribution in [0.15, 0.2) is 82.0 Å². The maximum absolute atomic E-state index is 13.0. The Morgan fingerprint density at radius 3 is 2.62 bits per heavy atom. The summed E-state index contributed by atoms with van der Waals surface area (Å²) in [5, 5.41) is 4.92. The molecule has 0 aliphatic carbocycles. The zero-order valence-electron chi connectivity index (χ0n) is 16.8. The van der Waals surface area contributed by atoms with Crippen molar-refractivity contribution in [1.29, 1.82) is 0 Å². The van der Waals surface area contributed by atoms with E-state index in [1.54, 1.807) is 30.3 Å². The number of ether oxygens (including phenoxy) is 1. The minimum atomic E-state index is -0.460. The molecule has 1 N–H and O–H groups in total. The predicted molar refractivity (Wildman–Crippen MR) is 129 cm³/mol. The Balaban J connectivity index is 1.55. The number of halogens is 1. The van der Waals surface area contributed by atoms with Gasteiger partial charge in [0.2, 0.25) is 0 Å². The summed E-state index contributed by atoms with van der Waals surface area (Å²) in [6.45, 7) is 0. The summed E-state index contributed by atoms with van der Waals surface area (Å²) in [5.74, 6) is 0.113. The highest BCUT2D eigenvalue weighted by Gasteiger charge is 2.19. The highest BCUT2D eigenvalue weighted by molar-refractivity contribution is 7.21. The maximum Gasteiger partial charge on any atom is 0.344 e. The van der Waals surface area contributed by atoms with Crippen LogP contribution in [0, 0.1) is 0 Å². The average molecular weight is 462 g/mol. The van der Waals surface area contributed by atoms with E-state index in [1.807, 2.05) is 42.5 Å². The lowest BCUT2D eigenvalue weighted by Crippen LogP contribution is -2.12. The van der Waals surface area contributed by atoms with Gasteiger partial charge >= 0.3 is 5.63 Å². The second-order valence-electron chi connectivity index (χ2n) is 7.10. The smallest absolute Gasteiger partial charge is 0.344 e. The molecule has 158 valence electrons. The van der Waals surface area contributed by atoms with E-state index in [0.29, 0.717) is 38.0 Å². The summed E-state index contributed by atoms with van der Waals surface area (Å²) < 4.78 is 11.8. The van der Waals surface area contributed by atoms with Gasteiger partial charge in [0, 0.05) is 15.5 Å². The van der Waals surface area contributed by atoms with E-state index in [1.165, 1.54) is 18.4 Å². The molecule has 0 fully saturated rings. The zero-order valence-corrected chi connectivity index (χ0v) is 18.4. The van der Waals surface area contributed by atoms with Crippen molar-refractivity contribution in [2.45, 2.75) is 0 Å². The quantitative estimate of drug-likeness (QED) is 0.306. The Morgan fingerprint density at radius 1 is 1.03 bits per heavy atom. The molecule has 0 bridgehead atoms. The molecule has 0 saturated carbocycles. The van der Waals surface area contributed by atoms with Crippen molar-refractivity contribution in [3.63, 3.8) is 0 Å². The summed E-state index contributed by atoms with van der Waals surface area (Å²) in [4.78, 5) is 26.0. The van der Waals surface area contributed by atoms with Gasteiger partial charge in [0.25, 0.3) is 5.91 Å². The minimum absolute atomic E-state index is 0.350. The number of amides is 1. The number of anilines is 1. The summed E-state index contributed by atoms with van der Waals surface area (Å²) in [6, 6.07) is 21.8. The van der Waals surface area contributed by atoms with Crippen LogP contribution < -0.4 is 15.7 Å². The van der Waals surface area contributed by atoms with E-state index < -0.39 is 5.63 Å². The molecular formula is C25H16ClNO4S. The number of benzene rings is 3. The van der Waals surface area contributed by atoms with E-state index in [-0.39, 0.29) is 5.91 Å². The van der Waals surface area contributed by atoms with Gasteiger partial charge in [0.15, 0.2) is 0 Å². The number of rotatable bonds is 4. The lowest BCUT2D eigenvalue weighted by atomic mass is 10.0. The van der Waals surface area contributed by atoms with Gasteiger partial charge in [0.1, 0.15) is 16.2 Å².